The van der Waals surface area contributed by atoms with Gasteiger partial charge in [-0.25, -0.2) is 0 Å². The maximum absolute atomic E-state index is 3.46. The highest BCUT2D eigenvalue weighted by atomic mass is 15.2. The van der Waals surface area contributed by atoms with Crippen molar-refractivity contribution < 1.29 is 0 Å². The van der Waals surface area contributed by atoms with E-state index in [2.05, 4.69) is 57.0 Å². The fraction of sp³-hybridized carbons (Fsp3) is 1.00. The number of rotatable bonds is 4. The second-order valence-corrected chi connectivity index (χ2v) is 6.37. The van der Waals surface area contributed by atoms with E-state index in [0.717, 1.165) is 6.04 Å². The minimum Gasteiger partial charge on any atom is -0.315 e. The molecule has 16 heavy (non-hydrogen) atoms. The smallest absolute Gasteiger partial charge is 0.0240 e. The summed E-state index contributed by atoms with van der Waals surface area (Å²) >= 11 is 0. The Hall–Kier alpha value is -0.120. The summed E-state index contributed by atoms with van der Waals surface area (Å²) < 4.78 is 0. The van der Waals surface area contributed by atoms with Crippen LogP contribution in [-0.4, -0.2) is 62.7 Å². The zero-order valence-electron chi connectivity index (χ0n) is 11.9. The zero-order valence-corrected chi connectivity index (χ0v) is 11.9. The lowest BCUT2D eigenvalue weighted by atomic mass is 9.86. The van der Waals surface area contributed by atoms with Gasteiger partial charge in [-0.15, -0.1) is 0 Å². The Bertz CT molecular complexity index is 208. The van der Waals surface area contributed by atoms with Gasteiger partial charge in [0, 0.05) is 25.2 Å². The fourth-order valence-electron chi connectivity index (χ4n) is 2.46. The van der Waals surface area contributed by atoms with Crippen molar-refractivity contribution in [1.82, 2.24) is 15.1 Å². The highest BCUT2D eigenvalue weighted by molar-refractivity contribution is 4.87. The third-order valence-electron chi connectivity index (χ3n) is 3.81. The third-order valence-corrected chi connectivity index (χ3v) is 3.81. The molecule has 1 rings (SSSR count). The van der Waals surface area contributed by atoms with E-state index < -0.39 is 0 Å². The van der Waals surface area contributed by atoms with Crippen LogP contribution in [0.25, 0.3) is 0 Å². The predicted molar refractivity (Wildman–Crippen MR) is 70.8 cm³/mol. The first-order valence-corrected chi connectivity index (χ1v) is 6.40. The summed E-state index contributed by atoms with van der Waals surface area (Å²) in [5, 5.41) is 3.46. The summed E-state index contributed by atoms with van der Waals surface area (Å²) in [6.45, 7) is 10.6. The summed E-state index contributed by atoms with van der Waals surface area (Å²) in [5.41, 5.74) is 0.338. The topological polar surface area (TPSA) is 18.5 Å². The first-order chi connectivity index (χ1) is 7.34. The molecule has 3 nitrogen and oxygen atoms in total. The molecule has 2 atom stereocenters. The van der Waals surface area contributed by atoms with Gasteiger partial charge in [0.15, 0.2) is 0 Å². The van der Waals surface area contributed by atoms with Crippen LogP contribution in [0.1, 0.15) is 27.2 Å². The van der Waals surface area contributed by atoms with Crippen LogP contribution < -0.4 is 5.32 Å². The lowest BCUT2D eigenvalue weighted by Gasteiger charge is -2.34. The second kappa shape index (κ2) is 5.48. The predicted octanol–water partition coefficient (Wildman–Crippen LogP) is 1.26. The standard InChI is InChI=1S/C13H29N3/c1-13(2,3)12(14-4)10-16-8-7-11(9-16)15(5)6/h11-12,14H,7-10H2,1-6H3. The van der Waals surface area contributed by atoms with Crippen LogP contribution in [-0.2, 0) is 0 Å². The number of hydrogen-bond donors (Lipinski definition) is 1. The Morgan fingerprint density at radius 2 is 2.00 bits per heavy atom. The van der Waals surface area contributed by atoms with Crippen LogP contribution in [0.4, 0.5) is 0 Å². The minimum atomic E-state index is 0.338. The van der Waals surface area contributed by atoms with Gasteiger partial charge in [-0.1, -0.05) is 20.8 Å². The monoisotopic (exact) mass is 227 g/mol. The van der Waals surface area contributed by atoms with E-state index in [0.29, 0.717) is 11.5 Å². The number of likely N-dealkylation sites (tertiary alicyclic amines) is 1. The van der Waals surface area contributed by atoms with Crippen molar-refractivity contribution in [2.45, 2.75) is 39.3 Å². The van der Waals surface area contributed by atoms with Crippen molar-refractivity contribution in [1.29, 1.82) is 0 Å². The minimum absolute atomic E-state index is 0.338. The fourth-order valence-corrected chi connectivity index (χ4v) is 2.46. The molecule has 0 amide bonds. The van der Waals surface area contributed by atoms with Gasteiger partial charge in [-0.05, 0) is 39.5 Å². The first kappa shape index (κ1) is 13.9. The summed E-state index contributed by atoms with van der Waals surface area (Å²) in [4.78, 5) is 4.95. The molecule has 0 aliphatic carbocycles. The van der Waals surface area contributed by atoms with Crippen molar-refractivity contribution in [3.63, 3.8) is 0 Å². The van der Waals surface area contributed by atoms with Gasteiger partial charge in [-0.3, -0.25) is 0 Å². The van der Waals surface area contributed by atoms with Crippen LogP contribution >= 0.6 is 0 Å². The van der Waals surface area contributed by atoms with E-state index in [1.165, 1.54) is 26.1 Å². The summed E-state index contributed by atoms with van der Waals surface area (Å²) in [5.74, 6) is 0. The van der Waals surface area contributed by atoms with Crippen molar-refractivity contribution in [2.24, 2.45) is 5.41 Å². The van der Waals surface area contributed by atoms with Crippen LogP contribution in [0.3, 0.4) is 0 Å². The van der Waals surface area contributed by atoms with Gasteiger partial charge in [0.05, 0.1) is 0 Å². The van der Waals surface area contributed by atoms with E-state index in [4.69, 9.17) is 0 Å². The molecule has 1 aliphatic heterocycles. The van der Waals surface area contributed by atoms with Gasteiger partial charge in [0.1, 0.15) is 0 Å². The molecule has 0 radical (unpaired) electrons. The van der Waals surface area contributed by atoms with Gasteiger partial charge >= 0.3 is 0 Å². The molecular formula is C13H29N3. The van der Waals surface area contributed by atoms with Crippen molar-refractivity contribution >= 4 is 0 Å². The maximum Gasteiger partial charge on any atom is 0.0240 e. The molecule has 1 aliphatic rings. The van der Waals surface area contributed by atoms with E-state index in [1.807, 2.05) is 0 Å². The average Bonchev–Trinajstić information content (AvgIpc) is 2.60. The molecule has 0 aromatic carbocycles. The Morgan fingerprint density at radius 3 is 2.38 bits per heavy atom. The number of likely N-dealkylation sites (N-methyl/N-ethyl adjacent to an activating group) is 2. The van der Waals surface area contributed by atoms with E-state index in [1.54, 1.807) is 0 Å². The molecule has 3 heteroatoms. The van der Waals surface area contributed by atoms with Crippen molar-refractivity contribution in [3.8, 4) is 0 Å². The molecular weight excluding hydrogens is 198 g/mol. The highest BCUT2D eigenvalue weighted by Crippen LogP contribution is 2.22. The lowest BCUT2D eigenvalue weighted by molar-refractivity contribution is 0.191. The Kier molecular flexibility index (Phi) is 4.77. The third kappa shape index (κ3) is 3.72. The molecule has 1 N–H and O–H groups in total. The Morgan fingerprint density at radius 1 is 1.38 bits per heavy atom. The molecule has 0 spiro atoms. The lowest BCUT2D eigenvalue weighted by Crippen LogP contribution is -2.47. The normalized spacial score (nSPS) is 25.3. The number of nitrogens with zero attached hydrogens (tertiary/aromatic N) is 2. The summed E-state index contributed by atoms with van der Waals surface area (Å²) in [6, 6.07) is 1.32. The highest BCUT2D eigenvalue weighted by Gasteiger charge is 2.29. The van der Waals surface area contributed by atoms with Crippen LogP contribution in [0.2, 0.25) is 0 Å². The van der Waals surface area contributed by atoms with Crippen LogP contribution in [0.5, 0.6) is 0 Å². The van der Waals surface area contributed by atoms with E-state index in [-0.39, 0.29) is 0 Å². The van der Waals surface area contributed by atoms with E-state index >= 15 is 0 Å². The number of hydrogen-bond acceptors (Lipinski definition) is 3. The largest absolute Gasteiger partial charge is 0.315 e. The summed E-state index contributed by atoms with van der Waals surface area (Å²) in [7, 11) is 6.45. The van der Waals surface area contributed by atoms with Crippen LogP contribution in [0.15, 0.2) is 0 Å². The van der Waals surface area contributed by atoms with Gasteiger partial charge in [-0.2, -0.15) is 0 Å². The van der Waals surface area contributed by atoms with Crippen molar-refractivity contribution in [2.75, 3.05) is 40.8 Å². The second-order valence-electron chi connectivity index (χ2n) is 6.37. The molecule has 0 saturated carbocycles. The van der Waals surface area contributed by atoms with Gasteiger partial charge in [0.25, 0.3) is 0 Å². The molecule has 0 bridgehead atoms. The quantitative estimate of drug-likeness (QED) is 0.780. The average molecular weight is 227 g/mol. The molecule has 1 heterocycles. The summed E-state index contributed by atoms with van der Waals surface area (Å²) in [6.07, 6.45) is 1.31. The Labute approximate surface area is 101 Å². The maximum atomic E-state index is 3.46. The molecule has 96 valence electrons. The Balaban J connectivity index is 2.44. The van der Waals surface area contributed by atoms with E-state index in [9.17, 15) is 0 Å². The molecule has 1 fully saturated rings. The first-order valence-electron chi connectivity index (χ1n) is 6.40. The molecule has 2 unspecified atom stereocenters. The molecule has 1 saturated heterocycles. The zero-order chi connectivity index (χ0) is 12.3. The van der Waals surface area contributed by atoms with Crippen LogP contribution in [0, 0.1) is 5.41 Å². The van der Waals surface area contributed by atoms with Gasteiger partial charge in [0.2, 0.25) is 0 Å². The van der Waals surface area contributed by atoms with Gasteiger partial charge < -0.3 is 15.1 Å². The van der Waals surface area contributed by atoms with Crippen molar-refractivity contribution in [3.05, 3.63) is 0 Å². The molecule has 0 aromatic heterocycles. The number of nitrogens with one attached hydrogen (secondary N) is 1. The SMILES string of the molecule is CNC(CN1CCC(N(C)C)C1)C(C)(C)C. The molecule has 0 aromatic rings.